The van der Waals surface area contributed by atoms with Gasteiger partial charge in [-0.2, -0.15) is 4.37 Å². The van der Waals surface area contributed by atoms with Gasteiger partial charge in [-0.15, -0.1) is 0 Å². The van der Waals surface area contributed by atoms with Crippen LogP contribution >= 0.6 is 23.1 Å². The van der Waals surface area contributed by atoms with Crippen molar-refractivity contribution in [2.24, 2.45) is 0 Å². The van der Waals surface area contributed by atoms with E-state index in [0.29, 0.717) is 36.2 Å². The molecule has 2 atom stereocenters. The lowest BCUT2D eigenvalue weighted by Crippen LogP contribution is -2.54. The van der Waals surface area contributed by atoms with E-state index in [1.807, 2.05) is 12.1 Å². The van der Waals surface area contributed by atoms with Crippen LogP contribution in [0.5, 0.6) is 0 Å². The molecule has 5 heterocycles. The van der Waals surface area contributed by atoms with Crippen LogP contribution in [0.25, 0.3) is 10.1 Å². The largest absolute Gasteiger partial charge is 0.385 e. The molecular formula is C39H32ClFN8O7S. The molecule has 0 bridgehead atoms. The van der Waals surface area contributed by atoms with Gasteiger partial charge in [-0.1, -0.05) is 29.8 Å². The molecule has 3 aliphatic rings. The van der Waals surface area contributed by atoms with Crippen LogP contribution in [0.2, 0.25) is 5.02 Å². The molecule has 18 heteroatoms. The summed E-state index contributed by atoms with van der Waals surface area (Å²) in [6, 6.07) is 15.1. The SMILES string of the molecule is O=C1CCC(N2C(=O)c3ccc(NCCCCNC(=O)c4cc(NC(=O)c5nsc6ccccc56)c5n4CC(=O)N[C@@H]5c4cc(F)ccc4Cl)cc3C2=O)C(=O)N1. The van der Waals surface area contributed by atoms with Gasteiger partial charge in [0.25, 0.3) is 23.6 Å². The maximum absolute atomic E-state index is 14.5. The van der Waals surface area contributed by atoms with Crippen LogP contribution in [-0.4, -0.2) is 74.3 Å². The highest BCUT2D eigenvalue weighted by Gasteiger charge is 2.44. The van der Waals surface area contributed by atoms with Crippen LogP contribution in [0.15, 0.2) is 66.7 Å². The maximum Gasteiger partial charge on any atom is 0.276 e. The minimum Gasteiger partial charge on any atom is -0.385 e. The monoisotopic (exact) mass is 810 g/mol. The first-order chi connectivity index (χ1) is 27.5. The van der Waals surface area contributed by atoms with Crippen LogP contribution in [0.4, 0.5) is 15.8 Å². The molecule has 5 aromatic rings. The summed E-state index contributed by atoms with van der Waals surface area (Å²) in [6.07, 6.45) is 1.21. The van der Waals surface area contributed by atoms with E-state index in [-0.39, 0.29) is 64.7 Å². The van der Waals surface area contributed by atoms with Gasteiger partial charge in [-0.3, -0.25) is 43.8 Å². The molecule has 3 aliphatic heterocycles. The molecule has 57 heavy (non-hydrogen) atoms. The number of rotatable bonds is 11. The van der Waals surface area contributed by atoms with Crippen LogP contribution in [0, 0.1) is 5.82 Å². The average molecular weight is 811 g/mol. The molecule has 0 radical (unpaired) electrons. The van der Waals surface area contributed by atoms with Crippen molar-refractivity contribution in [1.29, 1.82) is 0 Å². The van der Waals surface area contributed by atoms with Gasteiger partial charge in [0, 0.05) is 41.2 Å². The number of hydrogen-bond acceptors (Lipinski definition) is 10. The quantitative estimate of drug-likeness (QED) is 0.0949. The maximum atomic E-state index is 14.5. The summed E-state index contributed by atoms with van der Waals surface area (Å²) in [5.41, 5.74) is 1.98. The molecule has 0 aliphatic carbocycles. The number of amides is 7. The Balaban J connectivity index is 0.940. The summed E-state index contributed by atoms with van der Waals surface area (Å²) in [4.78, 5) is 91.4. The van der Waals surface area contributed by atoms with Crippen molar-refractivity contribution in [2.75, 3.05) is 23.7 Å². The molecule has 1 fully saturated rings. The van der Waals surface area contributed by atoms with Gasteiger partial charge in [0.05, 0.1) is 33.2 Å². The second-order valence-electron chi connectivity index (χ2n) is 13.7. The molecule has 7 amide bonds. The van der Waals surface area contributed by atoms with Gasteiger partial charge in [0.1, 0.15) is 29.8 Å². The van der Waals surface area contributed by atoms with Crippen molar-refractivity contribution >= 4 is 85.9 Å². The fraction of sp³-hybridized carbons (Fsp3) is 0.231. The minimum absolute atomic E-state index is 0.0271. The number of benzene rings is 3. The molecule has 1 unspecified atom stereocenters. The molecule has 15 nitrogen and oxygen atoms in total. The van der Waals surface area contributed by atoms with Crippen LogP contribution in [0.1, 0.15) is 84.7 Å². The number of piperidine rings is 1. The first-order valence-corrected chi connectivity index (χ1v) is 19.1. The predicted octanol–water partition coefficient (Wildman–Crippen LogP) is 4.39. The van der Waals surface area contributed by atoms with E-state index in [0.717, 1.165) is 9.60 Å². The van der Waals surface area contributed by atoms with E-state index in [2.05, 4.69) is 31.0 Å². The minimum atomic E-state index is -1.06. The second-order valence-corrected chi connectivity index (χ2v) is 14.9. The standard InChI is InChI=1S/C39H32ClFN8O7S/c40-25-10-7-19(41)15-24(25)32-34-26(44-37(54)33-22-5-1-2-6-29(22)57-47-33)17-28(48(34)18-31(51)45-32)35(52)43-14-4-3-13-42-20-8-9-21-23(16-20)39(56)49(38(21)55)27-11-12-30(50)46-36(27)53/h1-2,5-10,15-17,27,32,42H,3-4,11-14,18H2,(H,43,52)(H,44,54)(H,45,51)(H,46,50,53)/t27?,32-/m1/s1. The summed E-state index contributed by atoms with van der Waals surface area (Å²) in [5.74, 6) is -4.41. The lowest BCUT2D eigenvalue weighted by atomic mass is 10.0. The summed E-state index contributed by atoms with van der Waals surface area (Å²) < 4.78 is 21.1. The van der Waals surface area contributed by atoms with E-state index >= 15 is 0 Å². The molecule has 1 saturated heterocycles. The van der Waals surface area contributed by atoms with Gasteiger partial charge in [-0.05, 0) is 79.3 Å². The predicted molar refractivity (Wildman–Crippen MR) is 207 cm³/mol. The number of nitrogens with zero attached hydrogens (tertiary/aromatic N) is 3. The Morgan fingerprint density at radius 2 is 1.70 bits per heavy atom. The molecule has 5 N–H and O–H groups in total. The first-order valence-electron chi connectivity index (χ1n) is 18.0. The molecule has 3 aromatic carbocycles. The zero-order chi connectivity index (χ0) is 40.0. The van der Waals surface area contributed by atoms with Crippen LogP contribution in [-0.2, 0) is 20.9 Å². The third-order valence-electron chi connectivity index (χ3n) is 10.0. The zero-order valence-corrected chi connectivity index (χ0v) is 31.4. The highest BCUT2D eigenvalue weighted by Crippen LogP contribution is 2.38. The number of carbonyl (C=O) groups is 7. The molecule has 0 saturated carbocycles. The number of imide groups is 2. The Morgan fingerprint density at radius 3 is 2.53 bits per heavy atom. The van der Waals surface area contributed by atoms with Gasteiger partial charge in [-0.25, -0.2) is 4.39 Å². The van der Waals surface area contributed by atoms with Crippen molar-refractivity contribution in [1.82, 2.24) is 29.8 Å². The third kappa shape index (κ3) is 7.10. The number of aromatic nitrogens is 2. The first kappa shape index (κ1) is 37.5. The summed E-state index contributed by atoms with van der Waals surface area (Å²) >= 11 is 7.65. The second kappa shape index (κ2) is 15.2. The van der Waals surface area contributed by atoms with Crippen molar-refractivity contribution in [2.45, 2.75) is 44.3 Å². The molecular weight excluding hydrogens is 779 g/mol. The lowest BCUT2D eigenvalue weighted by molar-refractivity contribution is -0.136. The van der Waals surface area contributed by atoms with Gasteiger partial charge in [0.2, 0.25) is 17.7 Å². The molecule has 0 spiro atoms. The van der Waals surface area contributed by atoms with Crippen molar-refractivity contribution in [3.8, 4) is 0 Å². The molecule has 290 valence electrons. The number of fused-ring (bicyclic) bond motifs is 3. The fourth-order valence-corrected chi connectivity index (χ4v) is 8.30. The summed E-state index contributed by atoms with van der Waals surface area (Å²) in [5, 5.41) is 14.8. The Labute approximate surface area is 332 Å². The molecule has 8 rings (SSSR count). The van der Waals surface area contributed by atoms with Gasteiger partial charge < -0.3 is 25.8 Å². The Hall–Kier alpha value is -6.46. The van der Waals surface area contributed by atoms with Crippen molar-refractivity contribution in [3.63, 3.8) is 0 Å². The number of halogens is 2. The number of anilines is 2. The Kier molecular flexibility index (Phi) is 10.0. The topological polar surface area (TPSA) is 201 Å². The Morgan fingerprint density at radius 1 is 0.912 bits per heavy atom. The number of nitrogens with one attached hydrogen (secondary N) is 5. The average Bonchev–Trinajstić information content (AvgIpc) is 3.85. The Bertz CT molecular complexity index is 2550. The van der Waals surface area contributed by atoms with Gasteiger partial charge in [0.15, 0.2) is 0 Å². The highest BCUT2D eigenvalue weighted by molar-refractivity contribution is 7.13. The van der Waals surface area contributed by atoms with Crippen LogP contribution in [0.3, 0.4) is 0 Å². The van der Waals surface area contributed by atoms with E-state index in [1.165, 1.54) is 46.4 Å². The summed E-state index contributed by atoms with van der Waals surface area (Å²) in [7, 11) is 0. The third-order valence-corrected chi connectivity index (χ3v) is 11.2. The smallest absolute Gasteiger partial charge is 0.276 e. The van der Waals surface area contributed by atoms with Crippen molar-refractivity contribution < 1.29 is 38.0 Å². The highest BCUT2D eigenvalue weighted by atomic mass is 35.5. The fourth-order valence-electron chi connectivity index (χ4n) is 7.30. The van der Waals surface area contributed by atoms with Crippen molar-refractivity contribution in [3.05, 3.63) is 111 Å². The number of carbonyl (C=O) groups excluding carboxylic acids is 7. The number of unbranched alkanes of at least 4 members (excludes halogenated alkanes) is 1. The lowest BCUT2D eigenvalue weighted by Gasteiger charge is -2.29. The van der Waals surface area contributed by atoms with Gasteiger partial charge >= 0.3 is 0 Å². The van der Waals surface area contributed by atoms with E-state index < -0.39 is 59.3 Å². The zero-order valence-electron chi connectivity index (χ0n) is 29.8. The normalized spacial score (nSPS) is 17.6. The van der Waals surface area contributed by atoms with Crippen LogP contribution < -0.4 is 26.6 Å². The van der Waals surface area contributed by atoms with E-state index in [9.17, 15) is 38.0 Å². The summed E-state index contributed by atoms with van der Waals surface area (Å²) in [6.45, 7) is 0.448. The molecule has 2 aromatic heterocycles. The van der Waals surface area contributed by atoms with E-state index in [1.54, 1.807) is 24.3 Å². The number of hydrogen-bond donors (Lipinski definition) is 5. The van der Waals surface area contributed by atoms with E-state index in [4.69, 9.17) is 11.6 Å².